The number of hydrogen-bond donors (Lipinski definition) is 1. The van der Waals surface area contributed by atoms with Gasteiger partial charge >= 0.3 is 0 Å². The van der Waals surface area contributed by atoms with E-state index in [4.69, 9.17) is 11.6 Å². The topological polar surface area (TPSA) is 49.4 Å². The lowest BCUT2D eigenvalue weighted by molar-refractivity contribution is 0.249. The van der Waals surface area contributed by atoms with Gasteiger partial charge in [-0.15, -0.1) is 0 Å². The lowest BCUT2D eigenvalue weighted by Crippen LogP contribution is -2.58. The molecule has 0 amide bonds. The highest BCUT2D eigenvalue weighted by atomic mass is 35.5. The Bertz CT molecular complexity index is 541. The van der Waals surface area contributed by atoms with Crippen molar-refractivity contribution in [2.75, 3.05) is 19.6 Å². The molecule has 0 aromatic heterocycles. The van der Waals surface area contributed by atoms with Crippen molar-refractivity contribution in [3.05, 3.63) is 28.8 Å². The maximum absolute atomic E-state index is 12.6. The van der Waals surface area contributed by atoms with Gasteiger partial charge in [0.05, 0.1) is 4.90 Å². The van der Waals surface area contributed by atoms with Crippen LogP contribution in [0.3, 0.4) is 0 Å². The molecule has 1 saturated heterocycles. The van der Waals surface area contributed by atoms with Crippen LogP contribution in [-0.4, -0.2) is 38.4 Å². The number of hydrogen-bond acceptors (Lipinski definition) is 3. The molecule has 1 aromatic rings. The van der Waals surface area contributed by atoms with E-state index in [0.717, 1.165) is 5.56 Å². The molecule has 1 aromatic carbocycles. The van der Waals surface area contributed by atoms with E-state index in [1.54, 1.807) is 23.4 Å². The van der Waals surface area contributed by atoms with Crippen LogP contribution in [-0.2, 0) is 10.0 Å². The van der Waals surface area contributed by atoms with Crippen molar-refractivity contribution in [2.45, 2.75) is 24.8 Å². The van der Waals surface area contributed by atoms with Gasteiger partial charge in [-0.25, -0.2) is 8.42 Å². The summed E-state index contributed by atoms with van der Waals surface area (Å²) in [6, 6.07) is 5.03. The summed E-state index contributed by atoms with van der Waals surface area (Å²) < 4.78 is 26.8. The SMILES string of the molecule is CCN(C1CNC1)S(=O)(=O)c1cc(Cl)ccc1C. The van der Waals surface area contributed by atoms with Crippen LogP contribution in [0.15, 0.2) is 23.1 Å². The lowest BCUT2D eigenvalue weighted by Gasteiger charge is -2.36. The second-order valence-electron chi connectivity index (χ2n) is 4.43. The normalized spacial score (nSPS) is 16.9. The number of nitrogens with one attached hydrogen (secondary N) is 1. The fourth-order valence-corrected chi connectivity index (χ4v) is 4.20. The summed E-state index contributed by atoms with van der Waals surface area (Å²) in [6.45, 7) is 5.55. The predicted molar refractivity (Wildman–Crippen MR) is 72.4 cm³/mol. The van der Waals surface area contributed by atoms with Crippen LogP contribution >= 0.6 is 11.6 Å². The van der Waals surface area contributed by atoms with Crippen LogP contribution in [0.25, 0.3) is 0 Å². The van der Waals surface area contributed by atoms with Gasteiger partial charge in [-0.1, -0.05) is 24.6 Å². The Morgan fingerprint density at radius 1 is 1.44 bits per heavy atom. The molecule has 0 bridgehead atoms. The van der Waals surface area contributed by atoms with E-state index < -0.39 is 10.0 Å². The zero-order valence-corrected chi connectivity index (χ0v) is 12.1. The van der Waals surface area contributed by atoms with Gasteiger partial charge in [0.15, 0.2) is 0 Å². The number of sulfonamides is 1. The minimum Gasteiger partial charge on any atom is -0.313 e. The average Bonchev–Trinajstić information content (AvgIpc) is 2.26. The van der Waals surface area contributed by atoms with Crippen molar-refractivity contribution >= 4 is 21.6 Å². The number of aryl methyl sites for hydroxylation is 1. The van der Waals surface area contributed by atoms with Gasteiger partial charge in [-0.05, 0) is 24.6 Å². The third-order valence-electron chi connectivity index (χ3n) is 3.22. The number of halogens is 1. The Balaban J connectivity index is 2.42. The third kappa shape index (κ3) is 2.40. The van der Waals surface area contributed by atoms with Crippen LogP contribution in [0, 0.1) is 6.92 Å². The average molecular weight is 289 g/mol. The van der Waals surface area contributed by atoms with Gasteiger partial charge in [0.1, 0.15) is 0 Å². The van der Waals surface area contributed by atoms with Crippen LogP contribution in [0.5, 0.6) is 0 Å². The van der Waals surface area contributed by atoms with Gasteiger partial charge in [0.2, 0.25) is 10.0 Å². The maximum Gasteiger partial charge on any atom is 0.243 e. The summed E-state index contributed by atoms with van der Waals surface area (Å²) in [7, 11) is -3.46. The molecule has 1 N–H and O–H groups in total. The van der Waals surface area contributed by atoms with Crippen molar-refractivity contribution in [1.82, 2.24) is 9.62 Å². The standard InChI is InChI=1S/C12H17ClN2O2S/c1-3-15(11-7-14-8-11)18(16,17)12-6-10(13)5-4-9(12)2/h4-6,11,14H,3,7-8H2,1-2H3. The molecule has 1 aliphatic rings. The lowest BCUT2D eigenvalue weighted by atomic mass is 10.2. The molecular weight excluding hydrogens is 272 g/mol. The van der Waals surface area contributed by atoms with E-state index in [0.29, 0.717) is 29.6 Å². The second kappa shape index (κ2) is 5.17. The molecule has 0 radical (unpaired) electrons. The van der Waals surface area contributed by atoms with Crippen molar-refractivity contribution in [3.8, 4) is 0 Å². The molecule has 100 valence electrons. The Morgan fingerprint density at radius 2 is 2.11 bits per heavy atom. The van der Waals surface area contributed by atoms with Crippen LogP contribution in [0.4, 0.5) is 0 Å². The molecule has 1 fully saturated rings. The first-order valence-electron chi connectivity index (χ1n) is 5.95. The van der Waals surface area contributed by atoms with Gasteiger partial charge < -0.3 is 5.32 Å². The monoisotopic (exact) mass is 288 g/mol. The zero-order valence-electron chi connectivity index (χ0n) is 10.5. The summed E-state index contributed by atoms with van der Waals surface area (Å²) in [6.07, 6.45) is 0. The molecule has 0 aliphatic carbocycles. The van der Waals surface area contributed by atoms with Crippen LogP contribution < -0.4 is 5.32 Å². The summed E-state index contributed by atoms with van der Waals surface area (Å²) in [5.74, 6) is 0. The first kappa shape index (κ1) is 13.8. The van der Waals surface area contributed by atoms with E-state index in [-0.39, 0.29) is 6.04 Å². The Labute approximate surface area is 113 Å². The number of benzene rings is 1. The molecule has 0 saturated carbocycles. The largest absolute Gasteiger partial charge is 0.313 e. The quantitative estimate of drug-likeness (QED) is 0.916. The summed E-state index contributed by atoms with van der Waals surface area (Å²) in [5.41, 5.74) is 0.727. The summed E-state index contributed by atoms with van der Waals surface area (Å²) in [4.78, 5) is 0.309. The minimum atomic E-state index is -3.46. The van der Waals surface area contributed by atoms with Crippen molar-refractivity contribution < 1.29 is 8.42 Å². The minimum absolute atomic E-state index is 0.0541. The van der Waals surface area contributed by atoms with E-state index in [2.05, 4.69) is 5.32 Å². The zero-order chi connectivity index (χ0) is 13.3. The molecule has 18 heavy (non-hydrogen) atoms. The fourth-order valence-electron chi connectivity index (χ4n) is 2.08. The van der Waals surface area contributed by atoms with E-state index in [9.17, 15) is 8.42 Å². The second-order valence-corrected chi connectivity index (χ2v) is 6.73. The van der Waals surface area contributed by atoms with Gasteiger partial charge in [-0.2, -0.15) is 4.31 Å². The number of nitrogens with zero attached hydrogens (tertiary/aromatic N) is 1. The molecule has 0 atom stereocenters. The van der Waals surface area contributed by atoms with Gasteiger partial charge in [0, 0.05) is 30.7 Å². The molecule has 1 heterocycles. The Hall–Kier alpha value is -0.620. The molecule has 6 heteroatoms. The molecule has 0 unspecified atom stereocenters. The van der Waals surface area contributed by atoms with Crippen LogP contribution in [0.2, 0.25) is 5.02 Å². The Kier molecular flexibility index (Phi) is 3.96. The summed E-state index contributed by atoms with van der Waals surface area (Å²) in [5, 5.41) is 3.54. The number of likely N-dealkylation sites (N-methyl/N-ethyl adjacent to an activating group) is 1. The number of rotatable bonds is 4. The van der Waals surface area contributed by atoms with Crippen molar-refractivity contribution in [3.63, 3.8) is 0 Å². The van der Waals surface area contributed by atoms with Gasteiger partial charge in [0.25, 0.3) is 0 Å². The molecular formula is C12H17ClN2O2S. The molecule has 2 rings (SSSR count). The highest BCUT2D eigenvalue weighted by Gasteiger charge is 2.34. The van der Waals surface area contributed by atoms with Gasteiger partial charge in [-0.3, -0.25) is 0 Å². The van der Waals surface area contributed by atoms with Crippen molar-refractivity contribution in [1.29, 1.82) is 0 Å². The molecule has 0 spiro atoms. The fraction of sp³-hybridized carbons (Fsp3) is 0.500. The first-order chi connectivity index (χ1) is 8.46. The smallest absolute Gasteiger partial charge is 0.243 e. The molecule has 4 nitrogen and oxygen atoms in total. The predicted octanol–water partition coefficient (Wildman–Crippen LogP) is 1.63. The summed E-state index contributed by atoms with van der Waals surface area (Å²) >= 11 is 5.90. The highest BCUT2D eigenvalue weighted by Crippen LogP contribution is 2.25. The first-order valence-corrected chi connectivity index (χ1v) is 7.77. The molecule has 1 aliphatic heterocycles. The Morgan fingerprint density at radius 3 is 2.61 bits per heavy atom. The van der Waals surface area contributed by atoms with Crippen LogP contribution in [0.1, 0.15) is 12.5 Å². The van der Waals surface area contributed by atoms with E-state index >= 15 is 0 Å². The highest BCUT2D eigenvalue weighted by molar-refractivity contribution is 7.89. The van der Waals surface area contributed by atoms with E-state index in [1.807, 2.05) is 6.92 Å². The van der Waals surface area contributed by atoms with Crippen molar-refractivity contribution in [2.24, 2.45) is 0 Å². The third-order valence-corrected chi connectivity index (χ3v) is 5.62. The maximum atomic E-state index is 12.6. The van der Waals surface area contributed by atoms with E-state index in [1.165, 1.54) is 6.07 Å².